The Hall–Kier alpha value is -4.02. The summed E-state index contributed by atoms with van der Waals surface area (Å²) < 4.78 is 20.5. The number of aliphatic hydroxyl groups is 1. The number of carbonyl (C=O) groups excluding carboxylic acids is 2. The SMILES string of the molecule is CCCCOc1ccc(C2C(=C(O)c3cc(C)ccc3C)C(=O)C(=O)N2c2nnc(SCc3ccccc3F)s2)cc1. The van der Waals surface area contributed by atoms with Crippen molar-refractivity contribution >= 4 is 45.7 Å². The molecule has 1 saturated heterocycles. The fourth-order valence-corrected chi connectivity index (χ4v) is 6.53. The minimum absolute atomic E-state index is 0.0240. The third-order valence-corrected chi connectivity index (χ3v) is 9.07. The number of Topliss-reactive ketones (excluding diaryl/α,β-unsaturated/α-hetero) is 1. The number of unbranched alkanes of at least 4 members (excludes halogenated alkanes) is 1. The van der Waals surface area contributed by atoms with Crippen molar-refractivity contribution in [3.63, 3.8) is 0 Å². The summed E-state index contributed by atoms with van der Waals surface area (Å²) in [6.45, 7) is 6.40. The fourth-order valence-electron chi connectivity index (χ4n) is 4.68. The lowest BCUT2D eigenvalue weighted by Crippen LogP contribution is -2.29. The van der Waals surface area contributed by atoms with Crippen molar-refractivity contribution in [3.05, 3.63) is 106 Å². The van der Waals surface area contributed by atoms with Gasteiger partial charge in [0.1, 0.15) is 17.3 Å². The maximum absolute atomic E-state index is 14.1. The highest BCUT2D eigenvalue weighted by molar-refractivity contribution is 8.00. The molecular weight excluding hydrogens is 574 g/mol. The zero-order valence-corrected chi connectivity index (χ0v) is 25.1. The van der Waals surface area contributed by atoms with Crippen LogP contribution in [0.4, 0.5) is 9.52 Å². The van der Waals surface area contributed by atoms with Crippen molar-refractivity contribution < 1.29 is 23.8 Å². The van der Waals surface area contributed by atoms with E-state index in [1.54, 1.807) is 48.5 Å². The second kappa shape index (κ2) is 12.9. The number of amides is 1. The number of aryl methyl sites for hydroxylation is 2. The molecule has 216 valence electrons. The average molecular weight is 604 g/mol. The number of ketones is 1. The number of halogens is 1. The van der Waals surface area contributed by atoms with Crippen molar-refractivity contribution in [2.75, 3.05) is 11.5 Å². The summed E-state index contributed by atoms with van der Waals surface area (Å²) in [5.41, 5.74) is 3.27. The van der Waals surface area contributed by atoms with Crippen LogP contribution in [0.25, 0.3) is 5.76 Å². The number of rotatable bonds is 10. The van der Waals surface area contributed by atoms with Crippen LogP contribution in [0.15, 0.2) is 76.6 Å². The molecule has 3 aromatic carbocycles. The molecule has 0 aliphatic carbocycles. The van der Waals surface area contributed by atoms with E-state index in [0.717, 1.165) is 35.3 Å². The summed E-state index contributed by atoms with van der Waals surface area (Å²) in [5, 5.41) is 20.2. The first-order valence-corrected chi connectivity index (χ1v) is 15.4. The molecule has 42 heavy (non-hydrogen) atoms. The predicted octanol–water partition coefficient (Wildman–Crippen LogP) is 7.39. The molecule has 1 atom stereocenters. The zero-order valence-electron chi connectivity index (χ0n) is 23.5. The van der Waals surface area contributed by atoms with Gasteiger partial charge in [0.15, 0.2) is 4.34 Å². The van der Waals surface area contributed by atoms with E-state index in [1.807, 2.05) is 26.0 Å². The van der Waals surface area contributed by atoms with Gasteiger partial charge in [-0.15, -0.1) is 10.2 Å². The van der Waals surface area contributed by atoms with Crippen molar-refractivity contribution in [3.8, 4) is 5.75 Å². The molecule has 0 saturated carbocycles. The van der Waals surface area contributed by atoms with Crippen LogP contribution in [0, 0.1) is 19.7 Å². The van der Waals surface area contributed by atoms with Crippen molar-refractivity contribution in [1.82, 2.24) is 10.2 Å². The lowest BCUT2D eigenvalue weighted by atomic mass is 9.93. The number of aromatic nitrogens is 2. The van der Waals surface area contributed by atoms with Crippen LogP contribution < -0.4 is 9.64 Å². The van der Waals surface area contributed by atoms with E-state index in [4.69, 9.17) is 4.74 Å². The summed E-state index contributed by atoms with van der Waals surface area (Å²) in [7, 11) is 0. The topological polar surface area (TPSA) is 92.6 Å². The molecule has 1 N–H and O–H groups in total. The third kappa shape index (κ3) is 6.10. The number of benzene rings is 3. The molecule has 7 nitrogen and oxygen atoms in total. The molecule has 1 unspecified atom stereocenters. The van der Waals surface area contributed by atoms with E-state index in [9.17, 15) is 19.1 Å². The molecule has 2 heterocycles. The molecule has 0 spiro atoms. The van der Waals surface area contributed by atoms with Crippen molar-refractivity contribution in [2.24, 2.45) is 0 Å². The van der Waals surface area contributed by atoms with Crippen LogP contribution in [0.1, 0.15) is 53.6 Å². The number of nitrogens with zero attached hydrogens (tertiary/aromatic N) is 3. The first-order valence-electron chi connectivity index (χ1n) is 13.6. The van der Waals surface area contributed by atoms with Gasteiger partial charge in [-0.1, -0.05) is 84.5 Å². The van der Waals surface area contributed by atoms with Crippen molar-refractivity contribution in [1.29, 1.82) is 0 Å². The lowest BCUT2D eigenvalue weighted by molar-refractivity contribution is -0.132. The molecule has 4 aromatic rings. The second-order valence-corrected chi connectivity index (χ2v) is 12.2. The Bertz CT molecular complexity index is 1650. The summed E-state index contributed by atoms with van der Waals surface area (Å²) in [4.78, 5) is 28.4. The standard InChI is InChI=1S/C32H30FN3O4S2/c1-4-5-16-40-23-14-12-21(13-15-23)27-26(28(37)24-17-19(2)10-11-20(24)3)29(38)30(39)36(27)31-34-35-32(42-31)41-18-22-8-6-7-9-25(22)33/h6-15,17,27,37H,4-5,16,18H2,1-3H3. The van der Waals surface area contributed by atoms with E-state index >= 15 is 0 Å². The summed E-state index contributed by atoms with van der Waals surface area (Å²) in [6, 6.07) is 18.3. The Balaban J connectivity index is 1.54. The van der Waals surface area contributed by atoms with E-state index in [0.29, 0.717) is 39.1 Å². The summed E-state index contributed by atoms with van der Waals surface area (Å²) >= 11 is 2.42. The van der Waals surface area contributed by atoms with Gasteiger partial charge in [-0.25, -0.2) is 4.39 Å². The molecule has 0 bridgehead atoms. The Morgan fingerprint density at radius 1 is 1.07 bits per heavy atom. The minimum Gasteiger partial charge on any atom is -0.507 e. The van der Waals surface area contributed by atoms with Crippen LogP contribution in [0.3, 0.4) is 0 Å². The maximum atomic E-state index is 14.1. The smallest absolute Gasteiger partial charge is 0.301 e. The minimum atomic E-state index is -0.938. The van der Waals surface area contributed by atoms with E-state index in [1.165, 1.54) is 22.7 Å². The zero-order chi connectivity index (χ0) is 29.8. The van der Waals surface area contributed by atoms with E-state index in [2.05, 4.69) is 17.1 Å². The van der Waals surface area contributed by atoms with Gasteiger partial charge in [-0.05, 0) is 61.2 Å². The number of ether oxygens (including phenoxy) is 1. The number of thioether (sulfide) groups is 1. The number of hydrogen-bond acceptors (Lipinski definition) is 8. The molecule has 1 aliphatic rings. The molecule has 1 aliphatic heterocycles. The highest BCUT2D eigenvalue weighted by Gasteiger charge is 2.48. The van der Waals surface area contributed by atoms with Gasteiger partial charge in [0, 0.05) is 11.3 Å². The second-order valence-electron chi connectivity index (χ2n) is 9.99. The third-order valence-electron chi connectivity index (χ3n) is 6.97. The number of anilines is 1. The van der Waals surface area contributed by atoms with Gasteiger partial charge in [-0.3, -0.25) is 14.5 Å². The van der Waals surface area contributed by atoms with Crippen LogP contribution in [0.2, 0.25) is 0 Å². The van der Waals surface area contributed by atoms with Crippen LogP contribution in [-0.4, -0.2) is 33.6 Å². The number of carbonyl (C=O) groups is 2. The highest BCUT2D eigenvalue weighted by atomic mass is 32.2. The number of aliphatic hydroxyl groups excluding tert-OH is 1. The molecule has 1 fully saturated rings. The van der Waals surface area contributed by atoms with E-state index in [-0.39, 0.29) is 22.3 Å². The van der Waals surface area contributed by atoms with Crippen LogP contribution >= 0.6 is 23.1 Å². The molecular formula is C32H30FN3O4S2. The maximum Gasteiger partial charge on any atom is 0.301 e. The Morgan fingerprint density at radius 2 is 1.83 bits per heavy atom. The molecule has 1 amide bonds. The molecule has 1 aromatic heterocycles. The van der Waals surface area contributed by atoms with Crippen LogP contribution in [-0.2, 0) is 15.3 Å². The monoisotopic (exact) mass is 603 g/mol. The first kappa shape index (κ1) is 29.5. The van der Waals surface area contributed by atoms with Crippen molar-refractivity contribution in [2.45, 2.75) is 49.7 Å². The normalized spacial score (nSPS) is 16.3. The van der Waals surface area contributed by atoms with Gasteiger partial charge in [0.25, 0.3) is 5.78 Å². The van der Waals surface area contributed by atoms with Gasteiger partial charge in [-0.2, -0.15) is 0 Å². The predicted molar refractivity (Wildman–Crippen MR) is 163 cm³/mol. The Kier molecular flexibility index (Phi) is 9.03. The quantitative estimate of drug-likeness (QED) is 0.0505. The average Bonchev–Trinajstić information content (AvgIpc) is 3.56. The van der Waals surface area contributed by atoms with Gasteiger partial charge in [0.2, 0.25) is 5.13 Å². The van der Waals surface area contributed by atoms with E-state index < -0.39 is 17.7 Å². The lowest BCUT2D eigenvalue weighted by Gasteiger charge is -2.23. The first-order chi connectivity index (χ1) is 20.3. The molecule has 0 radical (unpaired) electrons. The number of hydrogen-bond donors (Lipinski definition) is 1. The molecule has 5 rings (SSSR count). The summed E-state index contributed by atoms with van der Waals surface area (Å²) in [5.74, 6) is -1.18. The Labute approximate surface area is 252 Å². The van der Waals surface area contributed by atoms with Gasteiger partial charge in [0.05, 0.1) is 18.2 Å². The Morgan fingerprint density at radius 3 is 2.57 bits per heavy atom. The molecule has 10 heteroatoms. The van der Waals surface area contributed by atoms with Crippen LogP contribution in [0.5, 0.6) is 5.75 Å². The largest absolute Gasteiger partial charge is 0.507 e. The van der Waals surface area contributed by atoms with Gasteiger partial charge >= 0.3 is 5.91 Å². The fraction of sp³-hybridized carbons (Fsp3) is 0.250. The highest BCUT2D eigenvalue weighted by Crippen LogP contribution is 2.44. The van der Waals surface area contributed by atoms with Gasteiger partial charge < -0.3 is 9.84 Å². The summed E-state index contributed by atoms with van der Waals surface area (Å²) in [6.07, 6.45) is 1.93.